The number of hydrogen-bond acceptors (Lipinski definition) is 4. The third kappa shape index (κ3) is 2.29. The average molecular weight is 291 g/mol. The molecule has 104 valence electrons. The summed E-state index contributed by atoms with van der Waals surface area (Å²) in [4.78, 5) is 8.83. The Kier molecular flexibility index (Phi) is 3.44. The maximum atomic E-state index is 6.01. The van der Waals surface area contributed by atoms with Gasteiger partial charge in [-0.25, -0.2) is 4.98 Å². The van der Waals surface area contributed by atoms with Gasteiger partial charge in [0.2, 0.25) is 5.89 Å². The summed E-state index contributed by atoms with van der Waals surface area (Å²) in [5.41, 5.74) is 3.25. The first-order valence-electron chi connectivity index (χ1n) is 6.49. The summed E-state index contributed by atoms with van der Waals surface area (Å²) in [7, 11) is 0. The smallest absolute Gasteiger partial charge is 0.228 e. The molecule has 3 aromatic rings. The number of fused-ring (bicyclic) bond motifs is 1. The van der Waals surface area contributed by atoms with E-state index in [-0.39, 0.29) is 0 Å². The Labute approximate surface area is 121 Å². The maximum absolute atomic E-state index is 6.01. The highest BCUT2D eigenvalue weighted by molar-refractivity contribution is 6.16. The van der Waals surface area contributed by atoms with Crippen molar-refractivity contribution in [2.45, 2.75) is 32.7 Å². The standard InChI is InChI=1S/C14H15ClN4O/c1-9-4-3-5-11-14(9)17-12(8-15)19(11)7-6-13-16-10(2)18-20-13/h3-5H,6-8H2,1-2H3. The van der Waals surface area contributed by atoms with E-state index in [1.807, 2.05) is 13.0 Å². The Morgan fingerprint density at radius 3 is 2.80 bits per heavy atom. The van der Waals surface area contributed by atoms with Gasteiger partial charge < -0.3 is 9.09 Å². The van der Waals surface area contributed by atoms with Gasteiger partial charge in [-0.05, 0) is 25.5 Å². The van der Waals surface area contributed by atoms with Crippen molar-refractivity contribution in [3.05, 3.63) is 41.3 Å². The predicted molar refractivity (Wildman–Crippen MR) is 76.8 cm³/mol. The first-order chi connectivity index (χ1) is 9.69. The van der Waals surface area contributed by atoms with Crippen molar-refractivity contribution in [1.82, 2.24) is 19.7 Å². The van der Waals surface area contributed by atoms with Crippen LogP contribution in [0.3, 0.4) is 0 Å². The number of alkyl halides is 1. The second-order valence-electron chi connectivity index (χ2n) is 4.74. The van der Waals surface area contributed by atoms with Crippen molar-refractivity contribution >= 4 is 22.6 Å². The molecule has 0 amide bonds. The van der Waals surface area contributed by atoms with E-state index in [4.69, 9.17) is 16.1 Å². The molecule has 0 radical (unpaired) electrons. The minimum Gasteiger partial charge on any atom is -0.339 e. The van der Waals surface area contributed by atoms with Crippen LogP contribution in [0.1, 0.15) is 23.1 Å². The summed E-state index contributed by atoms with van der Waals surface area (Å²) in [6.07, 6.45) is 0.671. The van der Waals surface area contributed by atoms with Gasteiger partial charge in [0, 0.05) is 13.0 Å². The third-order valence-electron chi connectivity index (χ3n) is 3.30. The van der Waals surface area contributed by atoms with E-state index in [2.05, 4.69) is 38.7 Å². The van der Waals surface area contributed by atoms with E-state index in [1.165, 1.54) is 0 Å². The molecule has 20 heavy (non-hydrogen) atoms. The fourth-order valence-corrected chi connectivity index (χ4v) is 2.54. The van der Waals surface area contributed by atoms with E-state index in [9.17, 15) is 0 Å². The summed E-state index contributed by atoms with van der Waals surface area (Å²) in [6.45, 7) is 4.59. The lowest BCUT2D eigenvalue weighted by Crippen LogP contribution is -2.05. The van der Waals surface area contributed by atoms with E-state index in [0.717, 1.165) is 29.0 Å². The van der Waals surface area contributed by atoms with Crippen molar-refractivity contribution < 1.29 is 4.52 Å². The lowest BCUT2D eigenvalue weighted by Gasteiger charge is -2.05. The topological polar surface area (TPSA) is 56.7 Å². The van der Waals surface area contributed by atoms with Crippen molar-refractivity contribution in [1.29, 1.82) is 0 Å². The van der Waals surface area contributed by atoms with Crippen molar-refractivity contribution in [3.63, 3.8) is 0 Å². The van der Waals surface area contributed by atoms with Gasteiger partial charge in [-0.3, -0.25) is 0 Å². The summed E-state index contributed by atoms with van der Waals surface area (Å²) in [6, 6.07) is 6.15. The summed E-state index contributed by atoms with van der Waals surface area (Å²) in [5.74, 6) is 2.55. The van der Waals surface area contributed by atoms with Crippen LogP contribution in [0.4, 0.5) is 0 Å². The monoisotopic (exact) mass is 290 g/mol. The second-order valence-corrected chi connectivity index (χ2v) is 5.01. The molecule has 3 rings (SSSR count). The number of imidazole rings is 1. The highest BCUT2D eigenvalue weighted by Gasteiger charge is 2.12. The minimum atomic E-state index is 0.386. The predicted octanol–water partition coefficient (Wildman–Crippen LogP) is 3.02. The molecule has 0 aliphatic rings. The van der Waals surface area contributed by atoms with Crippen LogP contribution < -0.4 is 0 Å². The molecule has 2 heterocycles. The van der Waals surface area contributed by atoms with Crippen molar-refractivity contribution in [2.75, 3.05) is 0 Å². The van der Waals surface area contributed by atoms with E-state index in [0.29, 0.717) is 24.0 Å². The van der Waals surface area contributed by atoms with Crippen molar-refractivity contribution in [2.24, 2.45) is 0 Å². The molecule has 0 aliphatic heterocycles. The van der Waals surface area contributed by atoms with Gasteiger partial charge in [0.05, 0.1) is 16.9 Å². The fraction of sp³-hybridized carbons (Fsp3) is 0.357. The van der Waals surface area contributed by atoms with Crippen LogP contribution in [0, 0.1) is 13.8 Å². The van der Waals surface area contributed by atoms with Crippen LogP contribution in [0.2, 0.25) is 0 Å². The molecular formula is C14H15ClN4O. The Hall–Kier alpha value is -1.88. The molecule has 1 aromatic carbocycles. The molecule has 0 saturated heterocycles. The summed E-state index contributed by atoms with van der Waals surface area (Å²) < 4.78 is 7.26. The fourth-order valence-electron chi connectivity index (χ4n) is 2.34. The van der Waals surface area contributed by atoms with E-state index >= 15 is 0 Å². The number of aryl methyl sites for hydroxylation is 4. The Balaban J connectivity index is 1.95. The van der Waals surface area contributed by atoms with Crippen molar-refractivity contribution in [3.8, 4) is 0 Å². The molecule has 0 atom stereocenters. The normalized spacial score (nSPS) is 11.3. The molecule has 5 nitrogen and oxygen atoms in total. The molecule has 0 spiro atoms. The van der Waals surface area contributed by atoms with Crippen LogP contribution >= 0.6 is 11.6 Å². The minimum absolute atomic E-state index is 0.386. The van der Waals surface area contributed by atoms with Gasteiger partial charge in [-0.2, -0.15) is 4.98 Å². The van der Waals surface area contributed by atoms with Crippen LogP contribution in [0.5, 0.6) is 0 Å². The zero-order valence-electron chi connectivity index (χ0n) is 11.4. The van der Waals surface area contributed by atoms with Crippen LogP contribution in [0.15, 0.2) is 22.7 Å². The number of aromatic nitrogens is 4. The van der Waals surface area contributed by atoms with Crippen LogP contribution in [0.25, 0.3) is 11.0 Å². The quantitative estimate of drug-likeness (QED) is 0.693. The van der Waals surface area contributed by atoms with E-state index in [1.54, 1.807) is 0 Å². The number of halogens is 1. The van der Waals surface area contributed by atoms with Gasteiger partial charge in [0.1, 0.15) is 5.82 Å². The average Bonchev–Trinajstić information content (AvgIpc) is 3.01. The zero-order valence-corrected chi connectivity index (χ0v) is 12.2. The Morgan fingerprint density at radius 2 is 2.10 bits per heavy atom. The van der Waals surface area contributed by atoms with Gasteiger partial charge in [-0.15, -0.1) is 11.6 Å². The third-order valence-corrected chi connectivity index (χ3v) is 3.54. The highest BCUT2D eigenvalue weighted by atomic mass is 35.5. The molecule has 0 bridgehead atoms. The van der Waals surface area contributed by atoms with Gasteiger partial charge in [0.15, 0.2) is 5.82 Å². The zero-order chi connectivity index (χ0) is 14.1. The lowest BCUT2D eigenvalue weighted by molar-refractivity contribution is 0.368. The Bertz CT molecular complexity index is 747. The maximum Gasteiger partial charge on any atom is 0.228 e. The van der Waals surface area contributed by atoms with E-state index < -0.39 is 0 Å². The van der Waals surface area contributed by atoms with Gasteiger partial charge in [0.25, 0.3) is 0 Å². The molecule has 0 fully saturated rings. The lowest BCUT2D eigenvalue weighted by atomic mass is 10.2. The van der Waals surface area contributed by atoms with Gasteiger partial charge in [-0.1, -0.05) is 17.3 Å². The second kappa shape index (κ2) is 5.25. The number of rotatable bonds is 4. The summed E-state index contributed by atoms with van der Waals surface area (Å²) in [5, 5.41) is 3.80. The summed E-state index contributed by atoms with van der Waals surface area (Å²) >= 11 is 6.01. The molecule has 0 aliphatic carbocycles. The molecular weight excluding hydrogens is 276 g/mol. The van der Waals surface area contributed by atoms with Crippen LogP contribution in [-0.2, 0) is 18.8 Å². The SMILES string of the molecule is Cc1noc(CCn2c(CCl)nc3c(C)cccc32)n1. The number of hydrogen-bond donors (Lipinski definition) is 0. The number of para-hydroxylation sites is 1. The van der Waals surface area contributed by atoms with Crippen LogP contribution in [-0.4, -0.2) is 19.7 Å². The number of nitrogens with zero attached hydrogens (tertiary/aromatic N) is 4. The first kappa shape index (κ1) is 13.1. The van der Waals surface area contributed by atoms with Gasteiger partial charge >= 0.3 is 0 Å². The Morgan fingerprint density at radius 1 is 1.25 bits per heavy atom. The number of benzene rings is 1. The molecule has 6 heteroatoms. The molecule has 0 unspecified atom stereocenters. The first-order valence-corrected chi connectivity index (χ1v) is 7.02. The largest absolute Gasteiger partial charge is 0.339 e. The molecule has 0 saturated carbocycles. The molecule has 0 N–H and O–H groups in total. The highest BCUT2D eigenvalue weighted by Crippen LogP contribution is 2.21. The molecule has 2 aromatic heterocycles.